The molecule has 4 aliphatic carbocycles. The lowest BCUT2D eigenvalue weighted by Crippen LogP contribution is -2.48. The Morgan fingerprint density at radius 2 is 1.78 bits per heavy atom. The van der Waals surface area contributed by atoms with Crippen molar-refractivity contribution >= 4 is 0 Å². The molecule has 1 aromatic rings. The van der Waals surface area contributed by atoms with Gasteiger partial charge in [-0.1, -0.05) is 0 Å². The summed E-state index contributed by atoms with van der Waals surface area (Å²) in [5.74, 6) is 3.97. The fourth-order valence-corrected chi connectivity index (χ4v) is 5.41. The molecule has 0 spiro atoms. The number of nitrogens with two attached hydrogens (primary N) is 1. The van der Waals surface area contributed by atoms with E-state index in [1.54, 1.807) is 0 Å². The SMILES string of the molecule is NCc1nncn1CC12CC3CC(CC(C3)C1)C2. The molecule has 1 heterocycles. The fraction of sp³-hybridized carbons (Fsp3) is 0.857. The molecule has 1 aromatic heterocycles. The van der Waals surface area contributed by atoms with Crippen LogP contribution in [0, 0.1) is 23.2 Å². The second kappa shape index (κ2) is 3.80. The largest absolute Gasteiger partial charge is 0.324 e. The van der Waals surface area contributed by atoms with Gasteiger partial charge in [-0.2, -0.15) is 0 Å². The molecule has 4 aliphatic rings. The van der Waals surface area contributed by atoms with E-state index in [4.69, 9.17) is 5.73 Å². The molecular formula is C14H22N4. The molecule has 2 N–H and O–H groups in total. The third kappa shape index (κ3) is 1.62. The number of rotatable bonds is 3. The monoisotopic (exact) mass is 246 g/mol. The zero-order valence-corrected chi connectivity index (χ0v) is 10.9. The first-order valence-electron chi connectivity index (χ1n) is 7.33. The summed E-state index contributed by atoms with van der Waals surface area (Å²) in [6, 6.07) is 0. The molecule has 0 saturated heterocycles. The number of aromatic nitrogens is 3. The number of nitrogens with zero attached hydrogens (tertiary/aromatic N) is 3. The highest BCUT2D eigenvalue weighted by molar-refractivity contribution is 5.02. The van der Waals surface area contributed by atoms with Crippen molar-refractivity contribution < 1.29 is 0 Å². The summed E-state index contributed by atoms with van der Waals surface area (Å²) in [5, 5.41) is 8.14. The predicted molar refractivity (Wildman–Crippen MR) is 68.5 cm³/mol. The van der Waals surface area contributed by atoms with Crippen LogP contribution in [0.15, 0.2) is 6.33 Å². The van der Waals surface area contributed by atoms with Crippen LogP contribution in [-0.4, -0.2) is 14.8 Å². The molecule has 0 unspecified atom stereocenters. The van der Waals surface area contributed by atoms with Crippen LogP contribution < -0.4 is 5.73 Å². The van der Waals surface area contributed by atoms with Crippen molar-refractivity contribution in [3.05, 3.63) is 12.2 Å². The third-order valence-corrected chi connectivity index (χ3v) is 5.55. The maximum Gasteiger partial charge on any atom is 0.146 e. The molecular weight excluding hydrogens is 224 g/mol. The number of hydrogen-bond acceptors (Lipinski definition) is 3. The van der Waals surface area contributed by atoms with E-state index in [0.717, 1.165) is 30.1 Å². The van der Waals surface area contributed by atoms with Gasteiger partial charge in [0.2, 0.25) is 0 Å². The Labute approximate surface area is 108 Å². The Bertz CT molecular complexity index is 415. The number of hydrogen-bond donors (Lipinski definition) is 1. The highest BCUT2D eigenvalue weighted by atomic mass is 15.3. The first kappa shape index (κ1) is 11.0. The van der Waals surface area contributed by atoms with Gasteiger partial charge < -0.3 is 10.3 Å². The van der Waals surface area contributed by atoms with Gasteiger partial charge in [-0.25, -0.2) is 0 Å². The topological polar surface area (TPSA) is 56.7 Å². The van der Waals surface area contributed by atoms with Crippen LogP contribution >= 0.6 is 0 Å². The van der Waals surface area contributed by atoms with Gasteiger partial charge in [0.05, 0.1) is 6.54 Å². The van der Waals surface area contributed by atoms with Crippen LogP contribution in [0.4, 0.5) is 0 Å². The van der Waals surface area contributed by atoms with Crippen molar-refractivity contribution in [1.82, 2.24) is 14.8 Å². The predicted octanol–water partition coefficient (Wildman–Crippen LogP) is 1.95. The molecule has 0 amide bonds. The summed E-state index contributed by atoms with van der Waals surface area (Å²) in [5.41, 5.74) is 6.28. The Balaban J connectivity index is 1.61. The van der Waals surface area contributed by atoms with E-state index < -0.39 is 0 Å². The average molecular weight is 246 g/mol. The van der Waals surface area contributed by atoms with Gasteiger partial charge in [0.25, 0.3) is 0 Å². The minimum absolute atomic E-state index is 0.506. The van der Waals surface area contributed by atoms with Crippen molar-refractivity contribution in [3.63, 3.8) is 0 Å². The van der Waals surface area contributed by atoms with Crippen LogP contribution in [0.2, 0.25) is 0 Å². The van der Waals surface area contributed by atoms with E-state index in [0.29, 0.717) is 12.0 Å². The lowest BCUT2D eigenvalue weighted by molar-refractivity contribution is -0.0622. The molecule has 4 saturated carbocycles. The van der Waals surface area contributed by atoms with Crippen molar-refractivity contribution in [2.45, 2.75) is 51.6 Å². The molecule has 4 nitrogen and oxygen atoms in total. The van der Waals surface area contributed by atoms with Crippen molar-refractivity contribution in [2.24, 2.45) is 28.9 Å². The van der Waals surface area contributed by atoms with Crippen LogP contribution in [0.3, 0.4) is 0 Å². The molecule has 4 fully saturated rings. The minimum atomic E-state index is 0.506. The zero-order valence-electron chi connectivity index (χ0n) is 10.9. The second-order valence-corrected chi connectivity index (χ2v) is 7.00. The molecule has 0 aliphatic heterocycles. The van der Waals surface area contributed by atoms with E-state index in [9.17, 15) is 0 Å². The van der Waals surface area contributed by atoms with E-state index in [2.05, 4.69) is 14.8 Å². The standard InChI is InChI=1S/C14H22N4/c15-7-13-17-16-9-18(13)8-14-4-10-1-11(5-14)3-12(2-10)6-14/h9-12H,1-8,15H2. The summed E-state index contributed by atoms with van der Waals surface area (Å²) >= 11 is 0. The lowest BCUT2D eigenvalue weighted by atomic mass is 9.49. The van der Waals surface area contributed by atoms with Gasteiger partial charge in [0, 0.05) is 6.54 Å². The third-order valence-electron chi connectivity index (χ3n) is 5.55. The Kier molecular flexibility index (Phi) is 2.31. The Morgan fingerprint density at radius 3 is 2.33 bits per heavy atom. The van der Waals surface area contributed by atoms with Crippen molar-refractivity contribution in [3.8, 4) is 0 Å². The van der Waals surface area contributed by atoms with Gasteiger partial charge in [0.15, 0.2) is 0 Å². The van der Waals surface area contributed by atoms with Crippen molar-refractivity contribution in [1.29, 1.82) is 0 Å². The smallest absolute Gasteiger partial charge is 0.146 e. The molecule has 4 bridgehead atoms. The molecule has 18 heavy (non-hydrogen) atoms. The summed E-state index contributed by atoms with van der Waals surface area (Å²) in [7, 11) is 0. The van der Waals surface area contributed by atoms with Gasteiger partial charge in [0.1, 0.15) is 12.2 Å². The molecule has 0 atom stereocenters. The highest BCUT2D eigenvalue weighted by Gasteiger charge is 2.50. The van der Waals surface area contributed by atoms with Gasteiger partial charge >= 0.3 is 0 Å². The van der Waals surface area contributed by atoms with Gasteiger partial charge in [-0.15, -0.1) is 10.2 Å². The Hall–Kier alpha value is -0.900. The quantitative estimate of drug-likeness (QED) is 0.887. The van der Waals surface area contributed by atoms with E-state index in [1.165, 1.54) is 38.5 Å². The van der Waals surface area contributed by atoms with E-state index in [1.807, 2.05) is 6.33 Å². The molecule has 5 rings (SSSR count). The summed E-state index contributed by atoms with van der Waals surface area (Å²) < 4.78 is 2.22. The van der Waals surface area contributed by atoms with E-state index >= 15 is 0 Å². The van der Waals surface area contributed by atoms with E-state index in [-0.39, 0.29) is 0 Å². The molecule has 0 aromatic carbocycles. The summed E-state index contributed by atoms with van der Waals surface area (Å²) in [6.45, 7) is 1.61. The first-order chi connectivity index (χ1) is 8.76. The highest BCUT2D eigenvalue weighted by Crippen LogP contribution is 2.60. The normalized spacial score (nSPS) is 41.5. The van der Waals surface area contributed by atoms with Gasteiger partial charge in [-0.05, 0) is 61.7 Å². The van der Waals surface area contributed by atoms with Crippen LogP contribution in [0.1, 0.15) is 44.3 Å². The molecule has 0 radical (unpaired) electrons. The van der Waals surface area contributed by atoms with Crippen molar-refractivity contribution in [2.75, 3.05) is 0 Å². The van der Waals surface area contributed by atoms with Crippen LogP contribution in [0.25, 0.3) is 0 Å². The van der Waals surface area contributed by atoms with Crippen LogP contribution in [0.5, 0.6) is 0 Å². The Morgan fingerprint density at radius 1 is 1.17 bits per heavy atom. The molecule has 98 valence electrons. The summed E-state index contributed by atoms with van der Waals surface area (Å²) in [6.07, 6.45) is 10.7. The maximum atomic E-state index is 5.74. The minimum Gasteiger partial charge on any atom is -0.324 e. The first-order valence-corrected chi connectivity index (χ1v) is 7.33. The summed E-state index contributed by atoms with van der Waals surface area (Å²) in [4.78, 5) is 0. The fourth-order valence-electron chi connectivity index (χ4n) is 5.41. The lowest BCUT2D eigenvalue weighted by Gasteiger charge is -2.57. The van der Waals surface area contributed by atoms with Gasteiger partial charge in [-0.3, -0.25) is 0 Å². The average Bonchev–Trinajstić information content (AvgIpc) is 2.73. The second-order valence-electron chi connectivity index (χ2n) is 7.00. The zero-order chi connectivity index (χ0) is 12.2. The van der Waals surface area contributed by atoms with Crippen LogP contribution in [-0.2, 0) is 13.1 Å². The maximum absolute atomic E-state index is 5.74. The molecule has 4 heteroatoms.